The van der Waals surface area contributed by atoms with Crippen LogP contribution in [0.1, 0.15) is 11.1 Å². The molecular formula is C13H12BrNO2. The lowest BCUT2D eigenvalue weighted by Gasteiger charge is -2.09. The maximum Gasteiger partial charge on any atom is 0.219 e. The Balaban J connectivity index is 2.28. The summed E-state index contributed by atoms with van der Waals surface area (Å²) in [7, 11) is 0. The molecule has 17 heavy (non-hydrogen) atoms. The second-order valence-corrected chi connectivity index (χ2v) is 4.49. The number of hydrogen-bond donors (Lipinski definition) is 1. The van der Waals surface area contributed by atoms with Crippen LogP contribution < -0.4 is 4.74 Å². The lowest BCUT2D eigenvalue weighted by Crippen LogP contribution is -1.93. The molecule has 0 radical (unpaired) electrons. The number of halogens is 1. The zero-order valence-corrected chi connectivity index (χ0v) is 10.9. The van der Waals surface area contributed by atoms with Gasteiger partial charge in [-0.15, -0.1) is 0 Å². The van der Waals surface area contributed by atoms with Crippen LogP contribution in [-0.4, -0.2) is 10.1 Å². The molecule has 0 bridgehead atoms. The topological polar surface area (TPSA) is 42.4 Å². The quantitative estimate of drug-likeness (QED) is 0.943. The number of nitrogens with zero attached hydrogens (tertiary/aromatic N) is 1. The van der Waals surface area contributed by atoms with Gasteiger partial charge in [0.2, 0.25) is 5.88 Å². The summed E-state index contributed by atoms with van der Waals surface area (Å²) in [5.74, 6) is 1.15. The van der Waals surface area contributed by atoms with E-state index in [1.54, 1.807) is 6.20 Å². The Kier molecular flexibility index (Phi) is 3.76. The van der Waals surface area contributed by atoms with Gasteiger partial charge in [0.25, 0.3) is 0 Å². The zero-order valence-electron chi connectivity index (χ0n) is 9.35. The second kappa shape index (κ2) is 5.29. The number of pyridine rings is 1. The Morgan fingerprint density at radius 2 is 2.12 bits per heavy atom. The number of aliphatic hydroxyl groups excluding tert-OH is 1. The SMILES string of the molecule is Cc1cc(Oc2ccccc2CO)ncc1Br. The molecule has 1 aromatic heterocycles. The largest absolute Gasteiger partial charge is 0.439 e. The summed E-state index contributed by atoms with van der Waals surface area (Å²) >= 11 is 3.38. The van der Waals surface area contributed by atoms with Crippen LogP contribution in [0.5, 0.6) is 11.6 Å². The van der Waals surface area contributed by atoms with Gasteiger partial charge in [0.1, 0.15) is 5.75 Å². The van der Waals surface area contributed by atoms with E-state index in [-0.39, 0.29) is 6.61 Å². The van der Waals surface area contributed by atoms with E-state index < -0.39 is 0 Å². The van der Waals surface area contributed by atoms with Gasteiger partial charge in [-0.05, 0) is 34.5 Å². The number of hydrogen-bond acceptors (Lipinski definition) is 3. The molecule has 2 rings (SSSR count). The van der Waals surface area contributed by atoms with E-state index in [1.807, 2.05) is 37.3 Å². The van der Waals surface area contributed by atoms with Gasteiger partial charge in [-0.2, -0.15) is 0 Å². The average molecular weight is 294 g/mol. The molecule has 0 saturated carbocycles. The Morgan fingerprint density at radius 3 is 2.82 bits per heavy atom. The Hall–Kier alpha value is -1.39. The molecule has 0 spiro atoms. The highest BCUT2D eigenvalue weighted by Gasteiger charge is 2.05. The van der Waals surface area contributed by atoms with Gasteiger partial charge in [0.05, 0.1) is 6.61 Å². The van der Waals surface area contributed by atoms with Crippen LogP contribution in [0.15, 0.2) is 41.0 Å². The Morgan fingerprint density at radius 1 is 1.35 bits per heavy atom. The first-order valence-corrected chi connectivity index (χ1v) is 5.99. The van der Waals surface area contributed by atoms with Crippen molar-refractivity contribution in [3.8, 4) is 11.6 Å². The third-order valence-corrected chi connectivity index (χ3v) is 3.21. The van der Waals surface area contributed by atoms with Gasteiger partial charge >= 0.3 is 0 Å². The number of rotatable bonds is 3. The van der Waals surface area contributed by atoms with Crippen molar-refractivity contribution in [3.05, 3.63) is 52.1 Å². The minimum atomic E-state index is -0.0499. The highest BCUT2D eigenvalue weighted by molar-refractivity contribution is 9.10. The summed E-state index contributed by atoms with van der Waals surface area (Å²) in [4.78, 5) is 4.16. The number of aromatic nitrogens is 1. The van der Waals surface area contributed by atoms with Gasteiger partial charge < -0.3 is 9.84 Å². The van der Waals surface area contributed by atoms with E-state index in [9.17, 15) is 5.11 Å². The summed E-state index contributed by atoms with van der Waals surface area (Å²) in [5.41, 5.74) is 1.80. The molecule has 4 heteroatoms. The molecule has 0 saturated heterocycles. The fourth-order valence-corrected chi connectivity index (χ4v) is 1.63. The third kappa shape index (κ3) is 2.84. The van der Waals surface area contributed by atoms with E-state index in [4.69, 9.17) is 4.74 Å². The molecule has 2 aromatic rings. The summed E-state index contributed by atoms with van der Waals surface area (Å²) in [6.45, 7) is 1.92. The van der Waals surface area contributed by atoms with Crippen LogP contribution in [-0.2, 0) is 6.61 Å². The minimum absolute atomic E-state index is 0.0499. The standard InChI is InChI=1S/C13H12BrNO2/c1-9-6-13(15-7-11(9)14)17-12-5-3-2-4-10(12)8-16/h2-7,16H,8H2,1H3. The molecule has 1 aromatic carbocycles. The highest BCUT2D eigenvalue weighted by Crippen LogP contribution is 2.26. The van der Waals surface area contributed by atoms with Crippen molar-refractivity contribution in [1.82, 2.24) is 4.98 Å². The molecular weight excluding hydrogens is 282 g/mol. The molecule has 0 unspecified atom stereocenters. The molecule has 0 aliphatic carbocycles. The first-order valence-electron chi connectivity index (χ1n) is 5.19. The average Bonchev–Trinajstić information content (AvgIpc) is 2.34. The fourth-order valence-electron chi connectivity index (χ4n) is 1.42. The molecule has 0 atom stereocenters. The highest BCUT2D eigenvalue weighted by atomic mass is 79.9. The summed E-state index contributed by atoms with van der Waals surface area (Å²) in [6.07, 6.45) is 1.70. The van der Waals surface area contributed by atoms with E-state index in [0.29, 0.717) is 11.6 Å². The summed E-state index contributed by atoms with van der Waals surface area (Å²) in [5, 5.41) is 9.19. The molecule has 3 nitrogen and oxygen atoms in total. The van der Waals surface area contributed by atoms with Crippen LogP contribution in [0.3, 0.4) is 0 Å². The second-order valence-electron chi connectivity index (χ2n) is 3.64. The van der Waals surface area contributed by atoms with Crippen molar-refractivity contribution >= 4 is 15.9 Å². The van der Waals surface area contributed by atoms with E-state index in [0.717, 1.165) is 15.6 Å². The first-order chi connectivity index (χ1) is 8.20. The molecule has 0 fully saturated rings. The van der Waals surface area contributed by atoms with Crippen molar-refractivity contribution in [3.63, 3.8) is 0 Å². The molecule has 1 N–H and O–H groups in total. The summed E-state index contributed by atoms with van der Waals surface area (Å²) < 4.78 is 6.59. The lowest BCUT2D eigenvalue weighted by atomic mass is 10.2. The Labute approximate surface area is 108 Å². The van der Waals surface area contributed by atoms with E-state index in [2.05, 4.69) is 20.9 Å². The van der Waals surface area contributed by atoms with Crippen molar-refractivity contribution in [2.45, 2.75) is 13.5 Å². The molecule has 0 aliphatic rings. The number of ether oxygens (including phenoxy) is 1. The maximum atomic E-state index is 9.19. The lowest BCUT2D eigenvalue weighted by molar-refractivity contribution is 0.276. The van der Waals surface area contributed by atoms with Crippen molar-refractivity contribution in [2.24, 2.45) is 0 Å². The van der Waals surface area contributed by atoms with E-state index in [1.165, 1.54) is 0 Å². The molecule has 88 valence electrons. The normalized spacial score (nSPS) is 10.3. The van der Waals surface area contributed by atoms with Crippen LogP contribution >= 0.6 is 15.9 Å². The number of aliphatic hydroxyl groups is 1. The number of aryl methyl sites for hydroxylation is 1. The number of para-hydroxylation sites is 1. The van der Waals surface area contributed by atoms with Gasteiger partial charge in [-0.3, -0.25) is 0 Å². The first kappa shape index (κ1) is 12.1. The molecule has 0 aliphatic heterocycles. The van der Waals surface area contributed by atoms with Gasteiger partial charge in [-0.1, -0.05) is 18.2 Å². The van der Waals surface area contributed by atoms with Gasteiger partial charge in [0.15, 0.2) is 0 Å². The van der Waals surface area contributed by atoms with Crippen LogP contribution in [0.2, 0.25) is 0 Å². The van der Waals surface area contributed by atoms with Crippen molar-refractivity contribution in [1.29, 1.82) is 0 Å². The van der Waals surface area contributed by atoms with Crippen molar-refractivity contribution in [2.75, 3.05) is 0 Å². The zero-order chi connectivity index (χ0) is 12.3. The van der Waals surface area contributed by atoms with Crippen LogP contribution in [0.4, 0.5) is 0 Å². The summed E-state index contributed by atoms with van der Waals surface area (Å²) in [6, 6.07) is 9.20. The third-order valence-electron chi connectivity index (χ3n) is 2.38. The minimum Gasteiger partial charge on any atom is -0.439 e. The Bertz CT molecular complexity index is 529. The maximum absolute atomic E-state index is 9.19. The van der Waals surface area contributed by atoms with E-state index >= 15 is 0 Å². The predicted molar refractivity (Wildman–Crippen MR) is 69.1 cm³/mol. The van der Waals surface area contributed by atoms with Gasteiger partial charge in [-0.25, -0.2) is 4.98 Å². The number of benzene rings is 1. The monoisotopic (exact) mass is 293 g/mol. The smallest absolute Gasteiger partial charge is 0.219 e. The van der Waals surface area contributed by atoms with Crippen LogP contribution in [0.25, 0.3) is 0 Å². The molecule has 0 amide bonds. The fraction of sp³-hybridized carbons (Fsp3) is 0.154. The van der Waals surface area contributed by atoms with Crippen LogP contribution in [0, 0.1) is 6.92 Å². The van der Waals surface area contributed by atoms with Crippen molar-refractivity contribution < 1.29 is 9.84 Å². The molecule has 1 heterocycles. The van der Waals surface area contributed by atoms with Gasteiger partial charge in [0, 0.05) is 22.3 Å². The predicted octanol–water partition coefficient (Wildman–Crippen LogP) is 3.44.